The van der Waals surface area contributed by atoms with E-state index in [1.807, 2.05) is 5.01 Å². The smallest absolute Gasteiger partial charge is 0.0612 e. The van der Waals surface area contributed by atoms with Gasteiger partial charge in [0, 0.05) is 19.6 Å². The van der Waals surface area contributed by atoms with Gasteiger partial charge in [0.05, 0.1) is 5.54 Å². The average Bonchev–Trinajstić information content (AvgIpc) is 1.58. The number of nitrogens with zero attached hydrogens (tertiary/aromatic N) is 1. The fourth-order valence-electron chi connectivity index (χ4n) is 1.35. The van der Waals surface area contributed by atoms with Crippen LogP contribution in [-0.4, -0.2) is 30.2 Å². The summed E-state index contributed by atoms with van der Waals surface area (Å²) in [6.07, 6.45) is 1.29. The molecule has 0 aromatic heterocycles. The van der Waals surface area contributed by atoms with Gasteiger partial charge in [0.15, 0.2) is 0 Å². The van der Waals surface area contributed by atoms with Crippen LogP contribution in [0, 0.1) is 0 Å². The zero-order valence-corrected chi connectivity index (χ0v) is 4.85. The van der Waals surface area contributed by atoms with E-state index in [9.17, 15) is 0 Å². The van der Waals surface area contributed by atoms with Gasteiger partial charge in [-0.15, -0.1) is 0 Å². The lowest BCUT2D eigenvalue weighted by molar-refractivity contribution is -0.0541. The second kappa shape index (κ2) is 1.23. The lowest BCUT2D eigenvalue weighted by Crippen LogP contribution is -2.77. The maximum Gasteiger partial charge on any atom is 0.0612 e. The van der Waals surface area contributed by atoms with E-state index in [0.717, 1.165) is 19.6 Å². The maximum absolute atomic E-state index is 5.61. The van der Waals surface area contributed by atoms with Crippen molar-refractivity contribution in [2.75, 3.05) is 19.6 Å². The minimum absolute atomic E-state index is 0.403. The van der Waals surface area contributed by atoms with Crippen LogP contribution in [0.15, 0.2) is 0 Å². The monoisotopic (exact) mass is 113 g/mol. The summed E-state index contributed by atoms with van der Waals surface area (Å²) >= 11 is 0. The maximum atomic E-state index is 5.61. The number of nitrogens with two attached hydrogens (primary N) is 1. The van der Waals surface area contributed by atoms with E-state index >= 15 is 0 Å². The molecule has 0 saturated carbocycles. The fourth-order valence-corrected chi connectivity index (χ4v) is 1.35. The molecule has 8 heavy (non-hydrogen) atoms. The van der Waals surface area contributed by atoms with Crippen LogP contribution < -0.4 is 11.2 Å². The highest BCUT2D eigenvalue weighted by Gasteiger charge is 2.47. The lowest BCUT2D eigenvalue weighted by Gasteiger charge is -2.56. The van der Waals surface area contributed by atoms with Crippen LogP contribution in [0.1, 0.15) is 6.42 Å². The van der Waals surface area contributed by atoms with Crippen molar-refractivity contribution in [3.63, 3.8) is 0 Å². The first-order valence-corrected chi connectivity index (χ1v) is 3.07. The molecule has 0 radical (unpaired) electrons. The molecule has 0 unspecified atom stereocenters. The molecule has 0 aromatic rings. The first kappa shape index (κ1) is 4.73. The Morgan fingerprint density at radius 2 is 2.25 bits per heavy atom. The van der Waals surface area contributed by atoms with Crippen molar-refractivity contribution >= 4 is 0 Å². The first-order chi connectivity index (χ1) is 3.83. The Hall–Kier alpha value is -0.120. The quantitative estimate of drug-likeness (QED) is 0.392. The molecule has 0 aromatic carbocycles. The Morgan fingerprint density at radius 3 is 2.25 bits per heavy atom. The van der Waals surface area contributed by atoms with Crippen LogP contribution in [0.25, 0.3) is 0 Å². The SMILES string of the molecule is NN1CCC12CNC2. The Morgan fingerprint density at radius 1 is 1.50 bits per heavy atom. The molecular formula is C5H11N3. The molecule has 2 fully saturated rings. The predicted molar refractivity (Wildman–Crippen MR) is 31.1 cm³/mol. The van der Waals surface area contributed by atoms with Crippen molar-refractivity contribution in [1.29, 1.82) is 0 Å². The molecule has 2 aliphatic rings. The van der Waals surface area contributed by atoms with Crippen LogP contribution in [-0.2, 0) is 0 Å². The second-order valence-electron chi connectivity index (χ2n) is 2.77. The highest BCUT2D eigenvalue weighted by molar-refractivity contribution is 5.06. The lowest BCUT2D eigenvalue weighted by atomic mass is 9.81. The van der Waals surface area contributed by atoms with E-state index in [4.69, 9.17) is 5.84 Å². The molecule has 2 aliphatic heterocycles. The number of hydrogen-bond donors (Lipinski definition) is 2. The van der Waals surface area contributed by atoms with Crippen LogP contribution in [0.5, 0.6) is 0 Å². The van der Waals surface area contributed by atoms with E-state index < -0.39 is 0 Å². The van der Waals surface area contributed by atoms with Gasteiger partial charge in [0.2, 0.25) is 0 Å². The molecule has 0 amide bonds. The molecule has 1 spiro atoms. The Balaban J connectivity index is 2.03. The van der Waals surface area contributed by atoms with E-state index in [1.165, 1.54) is 6.42 Å². The summed E-state index contributed by atoms with van der Waals surface area (Å²) in [5.41, 5.74) is 0.403. The van der Waals surface area contributed by atoms with Gasteiger partial charge in [-0.3, -0.25) is 5.84 Å². The third-order valence-corrected chi connectivity index (χ3v) is 2.34. The Kier molecular flexibility index (Phi) is 0.730. The molecule has 0 bridgehead atoms. The van der Waals surface area contributed by atoms with Gasteiger partial charge < -0.3 is 5.32 Å². The molecule has 0 aliphatic carbocycles. The summed E-state index contributed by atoms with van der Waals surface area (Å²) in [7, 11) is 0. The first-order valence-electron chi connectivity index (χ1n) is 3.07. The van der Waals surface area contributed by atoms with E-state index in [0.29, 0.717) is 5.54 Å². The van der Waals surface area contributed by atoms with Crippen molar-refractivity contribution < 1.29 is 0 Å². The predicted octanol–water partition coefficient (Wildman–Crippen LogP) is -1.09. The summed E-state index contributed by atoms with van der Waals surface area (Å²) in [6.45, 7) is 3.29. The van der Waals surface area contributed by atoms with Crippen LogP contribution in [0.2, 0.25) is 0 Å². The highest BCUT2D eigenvalue weighted by Crippen LogP contribution is 2.30. The summed E-state index contributed by atoms with van der Waals surface area (Å²) in [5, 5.41) is 5.16. The third-order valence-electron chi connectivity index (χ3n) is 2.34. The summed E-state index contributed by atoms with van der Waals surface area (Å²) in [5.74, 6) is 5.61. The number of nitrogens with one attached hydrogen (secondary N) is 1. The van der Waals surface area contributed by atoms with Gasteiger partial charge in [-0.05, 0) is 6.42 Å². The van der Waals surface area contributed by atoms with E-state index in [1.54, 1.807) is 0 Å². The summed E-state index contributed by atoms with van der Waals surface area (Å²) in [4.78, 5) is 0. The van der Waals surface area contributed by atoms with Crippen molar-refractivity contribution in [2.45, 2.75) is 12.0 Å². The summed E-state index contributed by atoms with van der Waals surface area (Å²) in [6, 6.07) is 0. The Labute approximate surface area is 48.8 Å². The van der Waals surface area contributed by atoms with Crippen LogP contribution in [0.4, 0.5) is 0 Å². The second-order valence-corrected chi connectivity index (χ2v) is 2.77. The summed E-state index contributed by atoms with van der Waals surface area (Å²) < 4.78 is 0. The highest BCUT2D eigenvalue weighted by atomic mass is 15.5. The molecule has 2 heterocycles. The zero-order valence-electron chi connectivity index (χ0n) is 4.85. The third kappa shape index (κ3) is 0.354. The molecule has 3 N–H and O–H groups in total. The van der Waals surface area contributed by atoms with Gasteiger partial charge in [0.1, 0.15) is 0 Å². The van der Waals surface area contributed by atoms with Crippen molar-refractivity contribution in [3.8, 4) is 0 Å². The Bertz CT molecular complexity index is 103. The van der Waals surface area contributed by atoms with Gasteiger partial charge in [-0.2, -0.15) is 0 Å². The van der Waals surface area contributed by atoms with E-state index in [2.05, 4.69) is 5.32 Å². The molecule has 2 rings (SSSR count). The molecule has 46 valence electrons. The molecule has 3 heteroatoms. The van der Waals surface area contributed by atoms with Crippen molar-refractivity contribution in [3.05, 3.63) is 0 Å². The van der Waals surface area contributed by atoms with Gasteiger partial charge in [-0.1, -0.05) is 0 Å². The standard InChI is InChI=1S/C5H11N3/c6-8-2-1-5(8)3-7-4-5/h7H,1-4,6H2. The zero-order chi connectivity index (χ0) is 5.61. The number of hydrogen-bond acceptors (Lipinski definition) is 3. The van der Waals surface area contributed by atoms with Crippen LogP contribution in [0.3, 0.4) is 0 Å². The van der Waals surface area contributed by atoms with Gasteiger partial charge >= 0.3 is 0 Å². The molecular weight excluding hydrogens is 102 g/mol. The van der Waals surface area contributed by atoms with Gasteiger partial charge in [0.25, 0.3) is 0 Å². The van der Waals surface area contributed by atoms with Crippen molar-refractivity contribution in [2.24, 2.45) is 5.84 Å². The topological polar surface area (TPSA) is 41.3 Å². The van der Waals surface area contributed by atoms with E-state index in [-0.39, 0.29) is 0 Å². The van der Waals surface area contributed by atoms with Crippen LogP contribution >= 0.6 is 0 Å². The van der Waals surface area contributed by atoms with Gasteiger partial charge in [-0.25, -0.2) is 5.01 Å². The largest absolute Gasteiger partial charge is 0.313 e. The normalized spacial score (nSPS) is 34.1. The molecule has 2 saturated heterocycles. The van der Waals surface area contributed by atoms with Crippen molar-refractivity contribution in [1.82, 2.24) is 10.3 Å². The molecule has 3 nitrogen and oxygen atoms in total. The fraction of sp³-hybridized carbons (Fsp3) is 1.00. The number of rotatable bonds is 0. The minimum Gasteiger partial charge on any atom is -0.313 e. The number of hydrazine groups is 1. The molecule has 0 atom stereocenters. The minimum atomic E-state index is 0.403. The average molecular weight is 113 g/mol.